The van der Waals surface area contributed by atoms with Gasteiger partial charge in [-0.2, -0.15) is 0 Å². The Morgan fingerprint density at radius 3 is 2.71 bits per heavy atom. The average molecular weight is 392 g/mol. The van der Waals surface area contributed by atoms with Crippen LogP contribution in [0.15, 0.2) is 66.3 Å². The zero-order valence-electron chi connectivity index (χ0n) is 15.9. The summed E-state index contributed by atoms with van der Waals surface area (Å²) in [6, 6.07) is 16.7. The number of nitrogens with zero attached hydrogens (tertiary/aromatic N) is 2. The molecule has 0 bridgehead atoms. The molecule has 1 amide bonds. The van der Waals surface area contributed by atoms with Crippen LogP contribution in [0.2, 0.25) is 0 Å². The molecule has 28 heavy (non-hydrogen) atoms. The van der Waals surface area contributed by atoms with E-state index in [9.17, 15) is 4.79 Å². The first-order valence-electron chi connectivity index (χ1n) is 9.80. The number of carbonyl (C=O) groups is 1. The maximum atomic E-state index is 12.5. The van der Waals surface area contributed by atoms with Crippen molar-refractivity contribution in [1.29, 1.82) is 0 Å². The van der Waals surface area contributed by atoms with Crippen molar-refractivity contribution in [2.75, 3.05) is 13.1 Å². The number of amides is 1. The summed E-state index contributed by atoms with van der Waals surface area (Å²) in [6.07, 6.45) is 5.57. The molecule has 3 heterocycles. The SMILES string of the molecule is O=C(NCc1cccs1)C1CCN(Cc2ccccc2-c2cccnc2)CC1. The summed E-state index contributed by atoms with van der Waals surface area (Å²) in [6.45, 7) is 3.47. The van der Waals surface area contributed by atoms with Gasteiger partial charge in [0.1, 0.15) is 0 Å². The van der Waals surface area contributed by atoms with Crippen LogP contribution in [-0.4, -0.2) is 28.9 Å². The van der Waals surface area contributed by atoms with Crippen molar-refractivity contribution in [2.45, 2.75) is 25.9 Å². The number of pyridine rings is 1. The minimum atomic E-state index is 0.129. The molecule has 144 valence electrons. The van der Waals surface area contributed by atoms with E-state index in [0.717, 1.165) is 38.0 Å². The summed E-state index contributed by atoms with van der Waals surface area (Å²) in [4.78, 5) is 20.4. The summed E-state index contributed by atoms with van der Waals surface area (Å²) in [5, 5.41) is 5.14. The number of aromatic nitrogens is 1. The normalized spacial score (nSPS) is 15.4. The van der Waals surface area contributed by atoms with Crippen molar-refractivity contribution in [3.8, 4) is 11.1 Å². The lowest BCUT2D eigenvalue weighted by molar-refractivity contribution is -0.126. The van der Waals surface area contributed by atoms with E-state index in [-0.39, 0.29) is 11.8 Å². The molecule has 0 saturated carbocycles. The van der Waals surface area contributed by atoms with Crippen molar-refractivity contribution in [1.82, 2.24) is 15.2 Å². The summed E-state index contributed by atoms with van der Waals surface area (Å²) >= 11 is 1.69. The molecule has 0 radical (unpaired) electrons. The highest BCUT2D eigenvalue weighted by Gasteiger charge is 2.25. The van der Waals surface area contributed by atoms with Gasteiger partial charge in [0.2, 0.25) is 5.91 Å². The third-order valence-electron chi connectivity index (χ3n) is 5.36. The van der Waals surface area contributed by atoms with E-state index in [1.165, 1.54) is 16.0 Å². The summed E-state index contributed by atoms with van der Waals surface area (Å²) < 4.78 is 0. The Morgan fingerprint density at radius 1 is 1.11 bits per heavy atom. The predicted molar refractivity (Wildman–Crippen MR) is 114 cm³/mol. The van der Waals surface area contributed by atoms with Crippen molar-refractivity contribution >= 4 is 17.2 Å². The van der Waals surface area contributed by atoms with Gasteiger partial charge in [0.15, 0.2) is 0 Å². The zero-order chi connectivity index (χ0) is 19.2. The second kappa shape index (κ2) is 9.13. The molecule has 5 heteroatoms. The lowest BCUT2D eigenvalue weighted by atomic mass is 9.94. The molecule has 1 aromatic carbocycles. The number of rotatable bonds is 6. The van der Waals surface area contributed by atoms with Crippen molar-refractivity contribution in [3.63, 3.8) is 0 Å². The Kier molecular flexibility index (Phi) is 6.14. The molecule has 1 aliphatic rings. The second-order valence-corrected chi connectivity index (χ2v) is 8.28. The van der Waals surface area contributed by atoms with Crippen LogP contribution in [0.4, 0.5) is 0 Å². The number of hydrogen-bond acceptors (Lipinski definition) is 4. The van der Waals surface area contributed by atoms with Crippen LogP contribution in [0.3, 0.4) is 0 Å². The minimum Gasteiger partial charge on any atom is -0.351 e. The largest absolute Gasteiger partial charge is 0.351 e. The van der Waals surface area contributed by atoms with E-state index in [2.05, 4.69) is 51.6 Å². The monoisotopic (exact) mass is 391 g/mol. The Labute approximate surface area is 170 Å². The maximum absolute atomic E-state index is 12.5. The van der Waals surface area contributed by atoms with Gasteiger partial charge in [0.25, 0.3) is 0 Å². The molecule has 0 aliphatic carbocycles. The van der Waals surface area contributed by atoms with Crippen LogP contribution in [0, 0.1) is 5.92 Å². The van der Waals surface area contributed by atoms with Gasteiger partial charge in [-0.1, -0.05) is 36.4 Å². The van der Waals surface area contributed by atoms with E-state index in [1.807, 2.05) is 23.7 Å². The van der Waals surface area contributed by atoms with Gasteiger partial charge in [-0.3, -0.25) is 14.7 Å². The van der Waals surface area contributed by atoms with Crippen LogP contribution in [0.1, 0.15) is 23.3 Å². The highest BCUT2D eigenvalue weighted by molar-refractivity contribution is 7.09. The van der Waals surface area contributed by atoms with E-state index in [4.69, 9.17) is 0 Å². The summed E-state index contributed by atoms with van der Waals surface area (Å²) in [5.41, 5.74) is 3.71. The zero-order valence-corrected chi connectivity index (χ0v) is 16.7. The first-order valence-corrected chi connectivity index (χ1v) is 10.7. The number of piperidine rings is 1. The molecule has 0 atom stereocenters. The van der Waals surface area contributed by atoms with Gasteiger partial charge in [0, 0.05) is 35.3 Å². The molecule has 1 saturated heterocycles. The Balaban J connectivity index is 1.32. The third-order valence-corrected chi connectivity index (χ3v) is 6.24. The quantitative estimate of drug-likeness (QED) is 0.680. The highest BCUT2D eigenvalue weighted by Crippen LogP contribution is 2.26. The first-order chi connectivity index (χ1) is 13.8. The standard InChI is InChI=1S/C23H25N3OS/c27-23(25-16-21-7-4-14-28-21)18-9-12-26(13-10-18)17-20-5-1-2-8-22(20)19-6-3-11-24-15-19/h1-8,11,14-15,18H,9-10,12-13,16-17H2,(H,25,27). The van der Waals surface area contributed by atoms with Crippen LogP contribution < -0.4 is 5.32 Å². The lowest BCUT2D eigenvalue weighted by Crippen LogP contribution is -2.40. The van der Waals surface area contributed by atoms with Gasteiger partial charge in [-0.15, -0.1) is 11.3 Å². The van der Waals surface area contributed by atoms with Gasteiger partial charge in [0.05, 0.1) is 6.54 Å². The van der Waals surface area contributed by atoms with Crippen LogP contribution in [0.25, 0.3) is 11.1 Å². The number of hydrogen-bond donors (Lipinski definition) is 1. The fourth-order valence-corrected chi connectivity index (χ4v) is 4.43. The molecule has 2 aromatic heterocycles. The Hall–Kier alpha value is -2.50. The Bertz CT molecular complexity index is 887. The maximum Gasteiger partial charge on any atom is 0.223 e. The molecule has 0 spiro atoms. The minimum absolute atomic E-state index is 0.129. The summed E-state index contributed by atoms with van der Waals surface area (Å²) in [5.74, 6) is 0.327. The van der Waals surface area contributed by atoms with Crippen LogP contribution in [-0.2, 0) is 17.9 Å². The van der Waals surface area contributed by atoms with Gasteiger partial charge in [-0.05, 0) is 54.6 Å². The third kappa shape index (κ3) is 4.66. The smallest absolute Gasteiger partial charge is 0.223 e. The number of benzene rings is 1. The fraction of sp³-hybridized carbons (Fsp3) is 0.304. The lowest BCUT2D eigenvalue weighted by Gasteiger charge is -2.31. The number of carbonyl (C=O) groups excluding carboxylic acids is 1. The van der Waals surface area contributed by atoms with Crippen molar-refractivity contribution in [2.24, 2.45) is 5.92 Å². The summed E-state index contributed by atoms with van der Waals surface area (Å²) in [7, 11) is 0. The molecule has 1 aliphatic heterocycles. The average Bonchev–Trinajstić information content (AvgIpc) is 3.27. The van der Waals surface area contributed by atoms with E-state index in [0.29, 0.717) is 6.54 Å². The second-order valence-electron chi connectivity index (χ2n) is 7.25. The fourth-order valence-electron chi connectivity index (χ4n) is 3.79. The molecule has 4 rings (SSSR count). The van der Waals surface area contributed by atoms with Gasteiger partial charge < -0.3 is 5.32 Å². The molecular formula is C23H25N3OS. The highest BCUT2D eigenvalue weighted by atomic mass is 32.1. The predicted octanol–water partition coefficient (Wildman–Crippen LogP) is 4.34. The molecule has 1 N–H and O–H groups in total. The topological polar surface area (TPSA) is 45.2 Å². The molecule has 1 fully saturated rings. The number of nitrogens with one attached hydrogen (secondary N) is 1. The number of likely N-dealkylation sites (tertiary alicyclic amines) is 1. The molecule has 3 aromatic rings. The van der Waals surface area contributed by atoms with Crippen LogP contribution in [0.5, 0.6) is 0 Å². The van der Waals surface area contributed by atoms with Crippen LogP contribution >= 0.6 is 11.3 Å². The van der Waals surface area contributed by atoms with E-state index < -0.39 is 0 Å². The molecular weight excluding hydrogens is 366 g/mol. The molecule has 0 unspecified atom stereocenters. The van der Waals surface area contributed by atoms with Gasteiger partial charge in [-0.25, -0.2) is 0 Å². The first kappa shape index (κ1) is 18.8. The van der Waals surface area contributed by atoms with Crippen molar-refractivity contribution in [3.05, 3.63) is 76.7 Å². The van der Waals surface area contributed by atoms with E-state index >= 15 is 0 Å². The molecule has 4 nitrogen and oxygen atoms in total. The number of thiophene rings is 1. The Morgan fingerprint density at radius 2 is 1.96 bits per heavy atom. The van der Waals surface area contributed by atoms with Crippen molar-refractivity contribution < 1.29 is 4.79 Å². The van der Waals surface area contributed by atoms with Gasteiger partial charge >= 0.3 is 0 Å². The van der Waals surface area contributed by atoms with E-state index in [1.54, 1.807) is 17.5 Å².